The predicted molar refractivity (Wildman–Crippen MR) is 98.0 cm³/mol. The van der Waals surface area contributed by atoms with Crippen molar-refractivity contribution in [2.45, 2.75) is 52.1 Å². The van der Waals surface area contributed by atoms with Gasteiger partial charge in [-0.3, -0.25) is 0 Å². The van der Waals surface area contributed by atoms with Crippen LogP contribution in [0.15, 0.2) is 18.2 Å². The number of piperidine rings is 1. The molecule has 4 heteroatoms. The Labute approximate surface area is 146 Å². The zero-order chi connectivity index (χ0) is 17.7. The average Bonchev–Trinajstić information content (AvgIpc) is 2.54. The molecule has 0 unspecified atom stereocenters. The lowest BCUT2D eigenvalue weighted by atomic mass is 9.86. The van der Waals surface area contributed by atoms with Gasteiger partial charge in [-0.05, 0) is 55.5 Å². The maximum atomic E-state index is 10.3. The van der Waals surface area contributed by atoms with Gasteiger partial charge in [0.2, 0.25) is 0 Å². The largest absolute Gasteiger partial charge is 0.497 e. The van der Waals surface area contributed by atoms with Crippen molar-refractivity contribution in [1.29, 1.82) is 0 Å². The summed E-state index contributed by atoms with van der Waals surface area (Å²) in [5.74, 6) is 2.47. The molecule has 1 fully saturated rings. The highest BCUT2D eigenvalue weighted by Gasteiger charge is 2.22. The molecule has 0 aromatic heterocycles. The second-order valence-corrected chi connectivity index (χ2v) is 8.06. The number of methoxy groups -OCH3 is 1. The maximum Gasteiger partial charge on any atom is 0.123 e. The Hall–Kier alpha value is -1.26. The highest BCUT2D eigenvalue weighted by molar-refractivity contribution is 5.44. The number of ether oxygens (including phenoxy) is 2. The van der Waals surface area contributed by atoms with Crippen LogP contribution < -0.4 is 9.47 Å². The van der Waals surface area contributed by atoms with Crippen LogP contribution in [0.2, 0.25) is 0 Å². The van der Waals surface area contributed by atoms with Gasteiger partial charge in [-0.25, -0.2) is 0 Å². The van der Waals surface area contributed by atoms with E-state index in [1.165, 1.54) is 12.8 Å². The van der Waals surface area contributed by atoms with Gasteiger partial charge in [0, 0.05) is 12.1 Å². The molecule has 2 rings (SSSR count). The number of nitrogens with zero attached hydrogens (tertiary/aromatic N) is 1. The molecule has 1 heterocycles. The fourth-order valence-corrected chi connectivity index (χ4v) is 3.13. The molecule has 136 valence electrons. The zero-order valence-corrected chi connectivity index (χ0v) is 15.8. The summed E-state index contributed by atoms with van der Waals surface area (Å²) in [6.07, 6.45) is 1.98. The summed E-state index contributed by atoms with van der Waals surface area (Å²) < 4.78 is 11.3. The lowest BCUT2D eigenvalue weighted by Crippen LogP contribution is -2.40. The van der Waals surface area contributed by atoms with E-state index in [1.54, 1.807) is 7.11 Å². The van der Waals surface area contributed by atoms with Crippen LogP contribution in [0.25, 0.3) is 0 Å². The van der Waals surface area contributed by atoms with Gasteiger partial charge in [0.15, 0.2) is 0 Å². The van der Waals surface area contributed by atoms with E-state index in [0.29, 0.717) is 13.2 Å². The Morgan fingerprint density at radius 3 is 2.50 bits per heavy atom. The molecule has 1 N–H and O–H groups in total. The second-order valence-electron chi connectivity index (χ2n) is 8.06. The van der Waals surface area contributed by atoms with E-state index in [-0.39, 0.29) is 5.41 Å². The van der Waals surface area contributed by atoms with E-state index in [1.807, 2.05) is 18.2 Å². The van der Waals surface area contributed by atoms with Gasteiger partial charge in [-0.1, -0.05) is 27.7 Å². The molecule has 0 aliphatic carbocycles. The summed E-state index contributed by atoms with van der Waals surface area (Å²) in [6.45, 7) is 11.9. The third-order valence-corrected chi connectivity index (χ3v) is 4.77. The molecule has 24 heavy (non-hydrogen) atoms. The minimum atomic E-state index is -0.465. The minimum Gasteiger partial charge on any atom is -0.497 e. The van der Waals surface area contributed by atoms with Crippen molar-refractivity contribution in [2.24, 2.45) is 5.92 Å². The smallest absolute Gasteiger partial charge is 0.123 e. The van der Waals surface area contributed by atoms with E-state index in [9.17, 15) is 5.11 Å². The Balaban J connectivity index is 1.93. The number of hydrogen-bond acceptors (Lipinski definition) is 4. The van der Waals surface area contributed by atoms with Crippen molar-refractivity contribution in [2.75, 3.05) is 33.4 Å². The molecule has 1 aromatic carbocycles. The van der Waals surface area contributed by atoms with Crippen LogP contribution in [-0.4, -0.2) is 49.5 Å². The zero-order valence-electron chi connectivity index (χ0n) is 15.8. The molecule has 1 aliphatic rings. The maximum absolute atomic E-state index is 10.3. The summed E-state index contributed by atoms with van der Waals surface area (Å²) in [4.78, 5) is 2.34. The molecule has 1 atom stereocenters. The predicted octanol–water partition coefficient (Wildman–Crippen LogP) is 3.46. The number of rotatable bonds is 6. The highest BCUT2D eigenvalue weighted by atomic mass is 16.5. The molecule has 0 radical (unpaired) electrons. The van der Waals surface area contributed by atoms with Crippen LogP contribution in [0.5, 0.6) is 11.5 Å². The molecule has 0 amide bonds. The van der Waals surface area contributed by atoms with Gasteiger partial charge in [0.25, 0.3) is 0 Å². The number of aliphatic hydroxyl groups excluding tert-OH is 1. The fraction of sp³-hybridized carbons (Fsp3) is 0.700. The van der Waals surface area contributed by atoms with Gasteiger partial charge in [-0.15, -0.1) is 0 Å². The van der Waals surface area contributed by atoms with Crippen molar-refractivity contribution in [3.63, 3.8) is 0 Å². The van der Waals surface area contributed by atoms with E-state index >= 15 is 0 Å². The third kappa shape index (κ3) is 5.38. The third-order valence-electron chi connectivity index (χ3n) is 4.77. The first kappa shape index (κ1) is 19.1. The summed E-state index contributed by atoms with van der Waals surface area (Å²) in [5, 5.41) is 10.3. The van der Waals surface area contributed by atoms with Crippen molar-refractivity contribution >= 4 is 0 Å². The number of aliphatic hydroxyl groups is 1. The van der Waals surface area contributed by atoms with E-state index < -0.39 is 6.10 Å². The Bertz CT molecular complexity index is 516. The summed E-state index contributed by atoms with van der Waals surface area (Å²) in [5.41, 5.74) is 1.05. The van der Waals surface area contributed by atoms with Gasteiger partial charge in [0.05, 0.1) is 7.11 Å². The monoisotopic (exact) mass is 335 g/mol. The van der Waals surface area contributed by atoms with Crippen LogP contribution in [-0.2, 0) is 5.41 Å². The molecule has 1 aromatic rings. The van der Waals surface area contributed by atoms with Crippen LogP contribution in [0.4, 0.5) is 0 Å². The van der Waals surface area contributed by atoms with E-state index in [4.69, 9.17) is 9.47 Å². The topological polar surface area (TPSA) is 41.9 Å². The average molecular weight is 335 g/mol. The lowest BCUT2D eigenvalue weighted by molar-refractivity contribution is 0.0557. The molecule has 0 saturated carbocycles. The number of hydrogen-bond donors (Lipinski definition) is 1. The molecular formula is C20H33NO3. The van der Waals surface area contributed by atoms with Gasteiger partial charge in [0.1, 0.15) is 24.2 Å². The standard InChI is InChI=1S/C20H33NO3/c1-15-8-10-21(11-9-15)13-16(22)14-24-19-7-6-17(23-5)12-18(19)20(2,3)4/h6-7,12,15-16,22H,8-11,13-14H2,1-5H3/t16-/m0/s1. The normalized spacial score (nSPS) is 18.4. The number of likely N-dealkylation sites (tertiary alicyclic amines) is 1. The molecule has 1 aliphatic heterocycles. The molecule has 0 bridgehead atoms. The van der Waals surface area contributed by atoms with Crippen molar-refractivity contribution in [1.82, 2.24) is 4.90 Å². The Morgan fingerprint density at radius 1 is 1.25 bits per heavy atom. The quantitative estimate of drug-likeness (QED) is 0.864. The van der Waals surface area contributed by atoms with Gasteiger partial charge in [-0.2, -0.15) is 0 Å². The van der Waals surface area contributed by atoms with Crippen molar-refractivity contribution in [3.05, 3.63) is 23.8 Å². The van der Waals surface area contributed by atoms with E-state index in [2.05, 4.69) is 32.6 Å². The van der Waals surface area contributed by atoms with Crippen molar-refractivity contribution < 1.29 is 14.6 Å². The Kier molecular flexibility index (Phi) is 6.53. The van der Waals surface area contributed by atoms with E-state index in [0.717, 1.165) is 36.1 Å². The first-order valence-corrected chi connectivity index (χ1v) is 9.01. The van der Waals surface area contributed by atoms with Crippen LogP contribution >= 0.6 is 0 Å². The molecule has 0 spiro atoms. The first-order valence-electron chi connectivity index (χ1n) is 9.01. The van der Waals surface area contributed by atoms with Crippen LogP contribution in [0.3, 0.4) is 0 Å². The van der Waals surface area contributed by atoms with Crippen LogP contribution in [0.1, 0.15) is 46.1 Å². The minimum absolute atomic E-state index is 0.0438. The van der Waals surface area contributed by atoms with Crippen molar-refractivity contribution in [3.8, 4) is 11.5 Å². The number of β-amino-alcohol motifs (C(OH)–C–C–N with tert-alkyl or cyclic N) is 1. The number of benzene rings is 1. The lowest BCUT2D eigenvalue weighted by Gasteiger charge is -2.31. The molecular weight excluding hydrogens is 302 g/mol. The summed E-state index contributed by atoms with van der Waals surface area (Å²) >= 11 is 0. The molecule has 4 nitrogen and oxygen atoms in total. The first-order chi connectivity index (χ1) is 11.3. The van der Waals surface area contributed by atoms with Crippen LogP contribution in [0, 0.1) is 5.92 Å². The van der Waals surface area contributed by atoms with Gasteiger partial charge >= 0.3 is 0 Å². The summed E-state index contributed by atoms with van der Waals surface area (Å²) in [6, 6.07) is 5.87. The Morgan fingerprint density at radius 2 is 1.92 bits per heavy atom. The summed E-state index contributed by atoms with van der Waals surface area (Å²) in [7, 11) is 1.67. The second kappa shape index (κ2) is 8.21. The fourth-order valence-electron chi connectivity index (χ4n) is 3.13. The SMILES string of the molecule is COc1ccc(OC[C@@H](O)CN2CCC(C)CC2)c(C(C)(C)C)c1. The van der Waals surface area contributed by atoms with Gasteiger partial charge < -0.3 is 19.5 Å². The molecule has 1 saturated heterocycles. The highest BCUT2D eigenvalue weighted by Crippen LogP contribution is 2.34.